The molecule has 2 saturated carbocycles. The molecular formula is C15H25N3O. The molecule has 106 valence electrons. The van der Waals surface area contributed by atoms with E-state index < -0.39 is 0 Å². The number of nitrogens with one attached hydrogen (secondary N) is 1. The summed E-state index contributed by atoms with van der Waals surface area (Å²) in [5.41, 5.74) is 0. The smallest absolute Gasteiger partial charge is 0.231 e. The number of rotatable bonds is 3. The zero-order valence-corrected chi connectivity index (χ0v) is 12.1. The highest BCUT2D eigenvalue weighted by molar-refractivity contribution is 5.05. The van der Waals surface area contributed by atoms with Crippen molar-refractivity contribution < 1.29 is 4.52 Å². The third kappa shape index (κ3) is 2.69. The normalized spacial score (nSPS) is 35.7. The Morgan fingerprint density at radius 1 is 1.11 bits per heavy atom. The summed E-state index contributed by atoms with van der Waals surface area (Å²) in [5, 5.41) is 7.64. The SMILES string of the molecule is CNC1CCCC1c1nc(C2CCC(C)CC2)no1. The number of likely N-dealkylation sites (N-methyl/N-ethyl adjacent to an activating group) is 1. The van der Waals surface area contributed by atoms with Crippen LogP contribution in [-0.2, 0) is 0 Å². The van der Waals surface area contributed by atoms with Crippen LogP contribution < -0.4 is 5.32 Å². The number of aromatic nitrogens is 2. The van der Waals surface area contributed by atoms with E-state index in [-0.39, 0.29) is 0 Å². The van der Waals surface area contributed by atoms with Crippen LogP contribution in [0.25, 0.3) is 0 Å². The van der Waals surface area contributed by atoms with Crippen molar-refractivity contribution >= 4 is 0 Å². The molecule has 0 amide bonds. The van der Waals surface area contributed by atoms with Crippen LogP contribution in [0.1, 0.15) is 75.4 Å². The fourth-order valence-corrected chi connectivity index (χ4v) is 3.68. The highest BCUT2D eigenvalue weighted by atomic mass is 16.5. The lowest BCUT2D eigenvalue weighted by molar-refractivity contribution is 0.313. The monoisotopic (exact) mass is 263 g/mol. The molecule has 2 fully saturated rings. The van der Waals surface area contributed by atoms with Gasteiger partial charge in [0.05, 0.1) is 5.92 Å². The van der Waals surface area contributed by atoms with E-state index in [1.807, 2.05) is 7.05 Å². The molecule has 0 saturated heterocycles. The van der Waals surface area contributed by atoms with Gasteiger partial charge in [-0.05, 0) is 38.6 Å². The van der Waals surface area contributed by atoms with Crippen LogP contribution in [0.5, 0.6) is 0 Å². The third-order valence-electron chi connectivity index (χ3n) is 5.04. The summed E-state index contributed by atoms with van der Waals surface area (Å²) in [6, 6.07) is 0.514. The van der Waals surface area contributed by atoms with Gasteiger partial charge in [-0.25, -0.2) is 0 Å². The van der Waals surface area contributed by atoms with Gasteiger partial charge in [-0.3, -0.25) is 0 Å². The molecule has 0 aromatic carbocycles. The maximum atomic E-state index is 5.56. The second-order valence-corrected chi connectivity index (χ2v) is 6.38. The second-order valence-electron chi connectivity index (χ2n) is 6.38. The van der Waals surface area contributed by atoms with Gasteiger partial charge in [0.25, 0.3) is 0 Å². The molecule has 0 radical (unpaired) electrons. The van der Waals surface area contributed by atoms with Crippen LogP contribution >= 0.6 is 0 Å². The van der Waals surface area contributed by atoms with Gasteiger partial charge in [0.1, 0.15) is 0 Å². The Balaban J connectivity index is 1.69. The molecule has 0 spiro atoms. The summed E-state index contributed by atoms with van der Waals surface area (Å²) in [6.07, 6.45) is 8.71. The summed E-state index contributed by atoms with van der Waals surface area (Å²) in [7, 11) is 2.03. The molecule has 0 aliphatic heterocycles. The van der Waals surface area contributed by atoms with Gasteiger partial charge >= 0.3 is 0 Å². The standard InChI is InChI=1S/C15H25N3O/c1-10-6-8-11(9-7-10)14-17-15(19-18-14)12-4-3-5-13(12)16-2/h10-13,16H,3-9H2,1-2H3. The van der Waals surface area contributed by atoms with Gasteiger partial charge in [-0.15, -0.1) is 0 Å². The maximum absolute atomic E-state index is 5.56. The van der Waals surface area contributed by atoms with E-state index in [2.05, 4.69) is 17.4 Å². The fraction of sp³-hybridized carbons (Fsp3) is 0.867. The van der Waals surface area contributed by atoms with Crippen LogP contribution in [0, 0.1) is 5.92 Å². The number of hydrogen-bond donors (Lipinski definition) is 1. The van der Waals surface area contributed by atoms with Crippen molar-refractivity contribution in [1.29, 1.82) is 0 Å². The van der Waals surface area contributed by atoms with Gasteiger partial charge in [-0.1, -0.05) is 31.3 Å². The molecule has 19 heavy (non-hydrogen) atoms. The van der Waals surface area contributed by atoms with Crippen molar-refractivity contribution in [2.75, 3.05) is 7.05 Å². The van der Waals surface area contributed by atoms with Crippen molar-refractivity contribution in [3.05, 3.63) is 11.7 Å². The Kier molecular flexibility index (Phi) is 3.87. The quantitative estimate of drug-likeness (QED) is 0.909. The number of hydrogen-bond acceptors (Lipinski definition) is 4. The molecule has 2 unspecified atom stereocenters. The van der Waals surface area contributed by atoms with Crippen molar-refractivity contribution in [2.45, 2.75) is 69.7 Å². The first-order chi connectivity index (χ1) is 9.28. The fourth-order valence-electron chi connectivity index (χ4n) is 3.68. The van der Waals surface area contributed by atoms with Crippen LogP contribution in [0.3, 0.4) is 0 Å². The lowest BCUT2D eigenvalue weighted by Crippen LogP contribution is -2.27. The Bertz CT molecular complexity index is 409. The Morgan fingerprint density at radius 2 is 1.89 bits per heavy atom. The van der Waals surface area contributed by atoms with Crippen LogP contribution in [0.4, 0.5) is 0 Å². The lowest BCUT2D eigenvalue weighted by atomic mass is 9.83. The van der Waals surface area contributed by atoms with Crippen molar-refractivity contribution in [3.8, 4) is 0 Å². The Hall–Kier alpha value is -0.900. The van der Waals surface area contributed by atoms with E-state index in [1.165, 1.54) is 44.9 Å². The van der Waals surface area contributed by atoms with Crippen LogP contribution in [0.2, 0.25) is 0 Å². The Morgan fingerprint density at radius 3 is 2.63 bits per heavy atom. The number of nitrogens with zero attached hydrogens (tertiary/aromatic N) is 2. The molecule has 1 aromatic rings. The molecule has 1 aromatic heterocycles. The highest BCUT2D eigenvalue weighted by Crippen LogP contribution is 2.37. The minimum Gasteiger partial charge on any atom is -0.339 e. The van der Waals surface area contributed by atoms with Gasteiger partial charge in [0.2, 0.25) is 5.89 Å². The molecule has 4 heteroatoms. The lowest BCUT2D eigenvalue weighted by Gasteiger charge is -2.23. The zero-order chi connectivity index (χ0) is 13.2. The molecule has 2 aliphatic rings. The van der Waals surface area contributed by atoms with Gasteiger partial charge in [-0.2, -0.15) is 4.98 Å². The minimum atomic E-state index is 0.425. The molecule has 1 heterocycles. The molecule has 2 atom stereocenters. The predicted molar refractivity (Wildman–Crippen MR) is 74.1 cm³/mol. The molecule has 1 N–H and O–H groups in total. The van der Waals surface area contributed by atoms with E-state index in [4.69, 9.17) is 9.51 Å². The van der Waals surface area contributed by atoms with Crippen molar-refractivity contribution in [3.63, 3.8) is 0 Å². The van der Waals surface area contributed by atoms with E-state index in [0.717, 1.165) is 17.6 Å². The van der Waals surface area contributed by atoms with Gasteiger partial charge in [0, 0.05) is 12.0 Å². The average molecular weight is 263 g/mol. The topological polar surface area (TPSA) is 51.0 Å². The van der Waals surface area contributed by atoms with E-state index >= 15 is 0 Å². The molecule has 2 aliphatic carbocycles. The first kappa shape index (κ1) is 13.1. The average Bonchev–Trinajstić information content (AvgIpc) is 3.07. The second kappa shape index (κ2) is 5.61. The van der Waals surface area contributed by atoms with Crippen LogP contribution in [-0.4, -0.2) is 23.2 Å². The summed E-state index contributed by atoms with van der Waals surface area (Å²) >= 11 is 0. The maximum Gasteiger partial charge on any atom is 0.231 e. The zero-order valence-electron chi connectivity index (χ0n) is 12.1. The highest BCUT2D eigenvalue weighted by Gasteiger charge is 2.33. The summed E-state index contributed by atoms with van der Waals surface area (Å²) < 4.78 is 5.56. The molecule has 0 bridgehead atoms. The van der Waals surface area contributed by atoms with Gasteiger partial charge in [0.15, 0.2) is 5.82 Å². The minimum absolute atomic E-state index is 0.425. The van der Waals surface area contributed by atoms with Crippen molar-refractivity contribution in [2.24, 2.45) is 5.92 Å². The third-order valence-corrected chi connectivity index (χ3v) is 5.04. The molecular weight excluding hydrogens is 238 g/mol. The van der Waals surface area contributed by atoms with Crippen LogP contribution in [0.15, 0.2) is 4.52 Å². The van der Waals surface area contributed by atoms with Crippen molar-refractivity contribution in [1.82, 2.24) is 15.5 Å². The predicted octanol–water partition coefficient (Wildman–Crippen LogP) is 3.22. The largest absolute Gasteiger partial charge is 0.339 e. The summed E-state index contributed by atoms with van der Waals surface area (Å²) in [4.78, 5) is 4.72. The Labute approximate surface area is 115 Å². The summed E-state index contributed by atoms with van der Waals surface area (Å²) in [5.74, 6) is 3.65. The first-order valence-electron chi connectivity index (χ1n) is 7.78. The molecule has 3 rings (SSSR count). The van der Waals surface area contributed by atoms with E-state index in [1.54, 1.807) is 0 Å². The first-order valence-corrected chi connectivity index (χ1v) is 7.78. The van der Waals surface area contributed by atoms with E-state index in [9.17, 15) is 0 Å². The molecule has 4 nitrogen and oxygen atoms in total. The van der Waals surface area contributed by atoms with E-state index in [0.29, 0.717) is 17.9 Å². The van der Waals surface area contributed by atoms with Gasteiger partial charge < -0.3 is 9.84 Å². The summed E-state index contributed by atoms with van der Waals surface area (Å²) in [6.45, 7) is 2.34.